The van der Waals surface area contributed by atoms with Crippen LogP contribution in [-0.2, 0) is 19.5 Å². The lowest BCUT2D eigenvalue weighted by atomic mass is 10.0. The SMILES string of the molecule is CN(C)c1nc(N(C)Cc2ccccc2)nc2c1CN(C(=O)c1ccc(Cl)cc1)CC2. The van der Waals surface area contributed by atoms with Gasteiger partial charge in [-0.15, -0.1) is 0 Å². The number of anilines is 2. The number of fused-ring (bicyclic) bond motifs is 1. The summed E-state index contributed by atoms with van der Waals surface area (Å²) in [7, 11) is 5.96. The third-order valence-corrected chi connectivity index (χ3v) is 5.68. The first-order chi connectivity index (χ1) is 14.9. The smallest absolute Gasteiger partial charge is 0.254 e. The summed E-state index contributed by atoms with van der Waals surface area (Å²) in [4.78, 5) is 28.6. The van der Waals surface area contributed by atoms with Crippen LogP contribution in [0.5, 0.6) is 0 Å². The van der Waals surface area contributed by atoms with Crippen LogP contribution in [0.2, 0.25) is 5.02 Å². The molecule has 0 spiro atoms. The van der Waals surface area contributed by atoms with Crippen molar-refractivity contribution in [2.45, 2.75) is 19.5 Å². The summed E-state index contributed by atoms with van der Waals surface area (Å²) < 4.78 is 0. The zero-order valence-corrected chi connectivity index (χ0v) is 18.8. The highest BCUT2D eigenvalue weighted by Gasteiger charge is 2.27. The van der Waals surface area contributed by atoms with E-state index < -0.39 is 0 Å². The predicted molar refractivity (Wildman–Crippen MR) is 125 cm³/mol. The molecule has 0 radical (unpaired) electrons. The molecule has 0 aliphatic carbocycles. The van der Waals surface area contributed by atoms with Gasteiger partial charge < -0.3 is 14.7 Å². The van der Waals surface area contributed by atoms with E-state index in [4.69, 9.17) is 21.6 Å². The monoisotopic (exact) mass is 435 g/mol. The molecule has 2 heterocycles. The molecule has 31 heavy (non-hydrogen) atoms. The summed E-state index contributed by atoms with van der Waals surface area (Å²) >= 11 is 5.97. The van der Waals surface area contributed by atoms with Gasteiger partial charge >= 0.3 is 0 Å². The van der Waals surface area contributed by atoms with E-state index in [2.05, 4.69) is 17.0 Å². The Morgan fingerprint density at radius 1 is 1.03 bits per heavy atom. The number of carbonyl (C=O) groups excluding carboxylic acids is 1. The van der Waals surface area contributed by atoms with Crippen LogP contribution in [0.1, 0.15) is 27.2 Å². The third-order valence-electron chi connectivity index (χ3n) is 5.43. The maximum atomic E-state index is 13.0. The number of halogens is 1. The predicted octanol–water partition coefficient (Wildman–Crippen LogP) is 4.03. The van der Waals surface area contributed by atoms with E-state index in [1.54, 1.807) is 24.3 Å². The van der Waals surface area contributed by atoms with Gasteiger partial charge in [0, 0.05) is 56.8 Å². The van der Waals surface area contributed by atoms with E-state index in [1.807, 2.05) is 49.1 Å². The maximum absolute atomic E-state index is 13.0. The Labute approximate surface area is 188 Å². The second-order valence-electron chi connectivity index (χ2n) is 7.99. The van der Waals surface area contributed by atoms with Gasteiger partial charge in [0.25, 0.3) is 5.91 Å². The van der Waals surface area contributed by atoms with Crippen LogP contribution in [0, 0.1) is 0 Å². The van der Waals surface area contributed by atoms with Gasteiger partial charge in [-0.2, -0.15) is 4.98 Å². The molecule has 1 aromatic heterocycles. The van der Waals surface area contributed by atoms with Gasteiger partial charge in [-0.1, -0.05) is 41.9 Å². The third kappa shape index (κ3) is 4.64. The molecular formula is C24H26ClN5O. The topological polar surface area (TPSA) is 52.6 Å². The van der Waals surface area contributed by atoms with Gasteiger partial charge in [-0.05, 0) is 29.8 Å². The minimum Gasteiger partial charge on any atom is -0.362 e. The molecule has 0 saturated carbocycles. The first-order valence-electron chi connectivity index (χ1n) is 10.3. The molecule has 0 bridgehead atoms. The molecule has 4 rings (SSSR count). The lowest BCUT2D eigenvalue weighted by Gasteiger charge is -2.32. The number of aromatic nitrogens is 2. The number of hydrogen-bond donors (Lipinski definition) is 0. The van der Waals surface area contributed by atoms with E-state index in [1.165, 1.54) is 5.56 Å². The van der Waals surface area contributed by atoms with Crippen LogP contribution in [0.15, 0.2) is 54.6 Å². The van der Waals surface area contributed by atoms with Gasteiger partial charge in [0.15, 0.2) is 0 Å². The van der Waals surface area contributed by atoms with Gasteiger partial charge in [-0.25, -0.2) is 4.98 Å². The molecule has 0 atom stereocenters. The number of nitrogens with zero attached hydrogens (tertiary/aromatic N) is 5. The van der Waals surface area contributed by atoms with Gasteiger partial charge in [0.05, 0.1) is 12.2 Å². The molecule has 160 valence electrons. The molecule has 1 amide bonds. The van der Waals surface area contributed by atoms with Crippen LogP contribution in [0.3, 0.4) is 0 Å². The first kappa shape index (κ1) is 21.1. The van der Waals surface area contributed by atoms with E-state index in [0.29, 0.717) is 36.0 Å². The molecule has 2 aromatic carbocycles. The van der Waals surface area contributed by atoms with Crippen molar-refractivity contribution in [3.63, 3.8) is 0 Å². The fraction of sp³-hybridized carbons (Fsp3) is 0.292. The van der Waals surface area contributed by atoms with Crippen molar-refractivity contribution in [2.75, 3.05) is 37.5 Å². The zero-order chi connectivity index (χ0) is 22.0. The van der Waals surface area contributed by atoms with Gasteiger partial charge in [0.1, 0.15) is 5.82 Å². The number of amides is 1. The molecule has 0 saturated heterocycles. The van der Waals surface area contributed by atoms with Crippen molar-refractivity contribution >= 4 is 29.3 Å². The second kappa shape index (κ2) is 8.94. The minimum absolute atomic E-state index is 0.00250. The van der Waals surface area contributed by atoms with Crippen LogP contribution in [0.25, 0.3) is 0 Å². The van der Waals surface area contributed by atoms with Crippen molar-refractivity contribution in [2.24, 2.45) is 0 Å². The average molecular weight is 436 g/mol. The summed E-state index contributed by atoms with van der Waals surface area (Å²) in [6.07, 6.45) is 0.699. The van der Waals surface area contributed by atoms with E-state index in [9.17, 15) is 4.79 Å². The van der Waals surface area contributed by atoms with E-state index in [-0.39, 0.29) is 5.91 Å². The molecular weight excluding hydrogens is 410 g/mol. The van der Waals surface area contributed by atoms with Crippen molar-refractivity contribution < 1.29 is 4.79 Å². The van der Waals surface area contributed by atoms with Crippen molar-refractivity contribution in [1.29, 1.82) is 0 Å². The largest absolute Gasteiger partial charge is 0.362 e. The molecule has 3 aromatic rings. The van der Waals surface area contributed by atoms with Crippen molar-refractivity contribution in [3.8, 4) is 0 Å². The number of rotatable bonds is 5. The summed E-state index contributed by atoms with van der Waals surface area (Å²) in [5.41, 5.74) is 3.86. The van der Waals surface area contributed by atoms with Crippen molar-refractivity contribution in [1.82, 2.24) is 14.9 Å². The highest BCUT2D eigenvalue weighted by atomic mass is 35.5. The quantitative estimate of drug-likeness (QED) is 0.605. The lowest BCUT2D eigenvalue weighted by Crippen LogP contribution is -2.38. The first-order valence-corrected chi connectivity index (χ1v) is 10.7. The number of hydrogen-bond acceptors (Lipinski definition) is 5. The van der Waals surface area contributed by atoms with Crippen LogP contribution in [0.4, 0.5) is 11.8 Å². The number of benzene rings is 2. The Hall–Kier alpha value is -3.12. The van der Waals surface area contributed by atoms with Gasteiger partial charge in [-0.3, -0.25) is 4.79 Å². The lowest BCUT2D eigenvalue weighted by molar-refractivity contribution is 0.0733. The Balaban J connectivity index is 1.60. The van der Waals surface area contributed by atoms with Crippen molar-refractivity contribution in [3.05, 3.63) is 82.0 Å². The molecule has 1 aliphatic heterocycles. The maximum Gasteiger partial charge on any atom is 0.254 e. The van der Waals surface area contributed by atoms with E-state index in [0.717, 1.165) is 23.6 Å². The number of carbonyl (C=O) groups is 1. The Bertz CT molecular complexity index is 1070. The van der Waals surface area contributed by atoms with Crippen LogP contribution < -0.4 is 9.80 Å². The van der Waals surface area contributed by atoms with E-state index >= 15 is 0 Å². The molecule has 0 N–H and O–H groups in total. The standard InChI is InChI=1S/C24H26ClN5O/c1-28(2)22-20-16-30(23(31)18-9-11-19(25)12-10-18)14-13-21(20)26-24(27-22)29(3)15-17-7-5-4-6-8-17/h4-12H,13-16H2,1-3H3. The molecule has 0 fully saturated rings. The second-order valence-corrected chi connectivity index (χ2v) is 8.43. The highest BCUT2D eigenvalue weighted by molar-refractivity contribution is 6.30. The summed E-state index contributed by atoms with van der Waals surface area (Å²) in [5, 5.41) is 0.621. The Morgan fingerprint density at radius 2 is 1.74 bits per heavy atom. The Kier molecular flexibility index (Phi) is 6.09. The molecule has 7 heteroatoms. The molecule has 1 aliphatic rings. The summed E-state index contributed by atoms with van der Waals surface area (Å²) in [6.45, 7) is 1.85. The van der Waals surface area contributed by atoms with Gasteiger partial charge in [0.2, 0.25) is 5.95 Å². The highest BCUT2D eigenvalue weighted by Crippen LogP contribution is 2.29. The zero-order valence-electron chi connectivity index (χ0n) is 18.0. The molecule has 0 unspecified atom stereocenters. The summed E-state index contributed by atoms with van der Waals surface area (Å²) in [6, 6.07) is 17.3. The summed E-state index contributed by atoms with van der Waals surface area (Å²) in [5.74, 6) is 1.55. The fourth-order valence-electron chi connectivity index (χ4n) is 3.80. The van der Waals surface area contributed by atoms with Crippen LogP contribution >= 0.6 is 11.6 Å². The minimum atomic E-state index is -0.00250. The Morgan fingerprint density at radius 3 is 2.42 bits per heavy atom. The average Bonchev–Trinajstić information content (AvgIpc) is 2.78. The normalized spacial score (nSPS) is 13.0. The molecule has 6 nitrogen and oxygen atoms in total. The fourth-order valence-corrected chi connectivity index (χ4v) is 3.93. The van der Waals surface area contributed by atoms with Crippen LogP contribution in [-0.4, -0.2) is 48.5 Å².